The van der Waals surface area contributed by atoms with Gasteiger partial charge < -0.3 is 15.7 Å². The van der Waals surface area contributed by atoms with Crippen LogP contribution in [0.25, 0.3) is 0 Å². The lowest BCUT2D eigenvalue weighted by Gasteiger charge is -2.39. The lowest BCUT2D eigenvalue weighted by atomic mass is 9.75. The Balaban J connectivity index is 2.55. The highest BCUT2D eigenvalue weighted by Gasteiger charge is 2.41. The van der Waals surface area contributed by atoms with E-state index in [-0.39, 0.29) is 11.9 Å². The minimum Gasteiger partial charge on any atom is -0.481 e. The molecule has 0 aromatic heterocycles. The van der Waals surface area contributed by atoms with Crippen LogP contribution in [-0.4, -0.2) is 41.0 Å². The molecule has 0 aromatic carbocycles. The summed E-state index contributed by atoms with van der Waals surface area (Å²) in [5.74, 6) is -0.656. The predicted molar refractivity (Wildman–Crippen MR) is 73.7 cm³/mol. The van der Waals surface area contributed by atoms with Gasteiger partial charge in [0.1, 0.15) is 0 Å². The molecule has 1 rings (SSSR count). The van der Waals surface area contributed by atoms with Crippen molar-refractivity contribution in [3.05, 3.63) is 0 Å². The van der Waals surface area contributed by atoms with E-state index in [1.54, 1.807) is 4.90 Å². The van der Waals surface area contributed by atoms with E-state index in [2.05, 4.69) is 0 Å². The van der Waals surface area contributed by atoms with Gasteiger partial charge in [0.15, 0.2) is 0 Å². The van der Waals surface area contributed by atoms with E-state index in [0.29, 0.717) is 38.8 Å². The summed E-state index contributed by atoms with van der Waals surface area (Å²) in [5.41, 5.74) is 5.16. The predicted octanol–water partition coefficient (Wildman–Crippen LogP) is 1.61. The van der Waals surface area contributed by atoms with Gasteiger partial charge in [-0.2, -0.15) is 0 Å². The monoisotopic (exact) mass is 270 g/mol. The van der Waals surface area contributed by atoms with Crippen molar-refractivity contribution < 1.29 is 14.7 Å². The Morgan fingerprint density at radius 3 is 2.32 bits per heavy atom. The number of amides is 1. The molecule has 0 aromatic rings. The van der Waals surface area contributed by atoms with E-state index in [0.717, 1.165) is 12.8 Å². The first-order valence-corrected chi connectivity index (χ1v) is 7.22. The van der Waals surface area contributed by atoms with Crippen LogP contribution in [0.1, 0.15) is 52.4 Å². The van der Waals surface area contributed by atoms with Crippen molar-refractivity contribution in [1.82, 2.24) is 4.90 Å². The summed E-state index contributed by atoms with van der Waals surface area (Å²) in [6.45, 7) is 5.05. The minimum atomic E-state index is -0.716. The van der Waals surface area contributed by atoms with Gasteiger partial charge in [-0.05, 0) is 25.7 Å². The van der Waals surface area contributed by atoms with Crippen molar-refractivity contribution in [2.75, 3.05) is 13.1 Å². The van der Waals surface area contributed by atoms with E-state index in [1.807, 2.05) is 13.8 Å². The highest BCUT2D eigenvalue weighted by atomic mass is 16.4. The van der Waals surface area contributed by atoms with Gasteiger partial charge >= 0.3 is 5.97 Å². The van der Waals surface area contributed by atoms with Crippen molar-refractivity contribution in [1.29, 1.82) is 0 Å². The van der Waals surface area contributed by atoms with E-state index >= 15 is 0 Å². The van der Waals surface area contributed by atoms with E-state index in [9.17, 15) is 14.7 Å². The number of nitrogens with two attached hydrogens (primary N) is 1. The average molecular weight is 270 g/mol. The third-order valence-electron chi connectivity index (χ3n) is 4.22. The molecule has 0 bridgehead atoms. The molecule has 0 saturated carbocycles. The Morgan fingerprint density at radius 2 is 1.89 bits per heavy atom. The summed E-state index contributed by atoms with van der Waals surface area (Å²) in [5, 5.41) is 9.40. The molecule has 19 heavy (non-hydrogen) atoms. The van der Waals surface area contributed by atoms with Gasteiger partial charge in [0.05, 0.1) is 5.41 Å². The van der Waals surface area contributed by atoms with Crippen LogP contribution in [-0.2, 0) is 9.59 Å². The number of aliphatic carboxylic acids is 1. The summed E-state index contributed by atoms with van der Waals surface area (Å²) in [4.78, 5) is 25.2. The fraction of sp³-hybridized carbons (Fsp3) is 0.857. The van der Waals surface area contributed by atoms with Gasteiger partial charge in [-0.1, -0.05) is 20.3 Å². The number of carbonyl (C=O) groups excluding carboxylic acids is 1. The number of rotatable bonds is 6. The van der Waals surface area contributed by atoms with Crippen LogP contribution >= 0.6 is 0 Å². The van der Waals surface area contributed by atoms with Gasteiger partial charge in [-0.3, -0.25) is 9.59 Å². The number of hydrogen-bond acceptors (Lipinski definition) is 3. The lowest BCUT2D eigenvalue weighted by Crippen LogP contribution is -2.47. The molecule has 0 radical (unpaired) electrons. The Hall–Kier alpha value is -1.10. The first kappa shape index (κ1) is 16.0. The number of hydrogen-bond donors (Lipinski definition) is 2. The second-order valence-corrected chi connectivity index (χ2v) is 5.59. The molecule has 1 atom stereocenters. The fourth-order valence-corrected chi connectivity index (χ4v) is 2.73. The van der Waals surface area contributed by atoms with Crippen molar-refractivity contribution in [3.8, 4) is 0 Å². The molecule has 0 spiro atoms. The van der Waals surface area contributed by atoms with Crippen LogP contribution < -0.4 is 5.73 Å². The summed E-state index contributed by atoms with van der Waals surface area (Å²) in [6, 6.07) is -0.0886. The molecule has 0 aliphatic carbocycles. The second-order valence-electron chi connectivity index (χ2n) is 5.59. The maximum Gasteiger partial charge on any atom is 0.309 e. The highest BCUT2D eigenvalue weighted by molar-refractivity contribution is 5.78. The first-order valence-electron chi connectivity index (χ1n) is 7.22. The molecule has 1 heterocycles. The molecular weight excluding hydrogens is 244 g/mol. The number of piperidine rings is 1. The Kier molecular flexibility index (Phi) is 5.79. The quantitative estimate of drug-likeness (QED) is 0.768. The first-order chi connectivity index (χ1) is 8.95. The number of carbonyl (C=O) groups is 2. The van der Waals surface area contributed by atoms with Crippen LogP contribution in [0.5, 0.6) is 0 Å². The number of likely N-dealkylation sites (tertiary alicyclic amines) is 1. The van der Waals surface area contributed by atoms with Crippen LogP contribution in [0.4, 0.5) is 0 Å². The number of carboxylic acid groups (broad SMARTS) is 1. The van der Waals surface area contributed by atoms with E-state index in [1.165, 1.54) is 0 Å². The van der Waals surface area contributed by atoms with Crippen LogP contribution in [0.3, 0.4) is 0 Å². The second kappa shape index (κ2) is 6.89. The van der Waals surface area contributed by atoms with E-state index < -0.39 is 11.4 Å². The van der Waals surface area contributed by atoms with Gasteiger partial charge in [-0.15, -0.1) is 0 Å². The van der Waals surface area contributed by atoms with Crippen molar-refractivity contribution in [2.24, 2.45) is 11.1 Å². The molecule has 1 fully saturated rings. The molecule has 1 unspecified atom stereocenters. The lowest BCUT2D eigenvalue weighted by molar-refractivity contribution is -0.155. The van der Waals surface area contributed by atoms with Crippen molar-refractivity contribution in [2.45, 2.75) is 58.4 Å². The average Bonchev–Trinajstić information content (AvgIpc) is 2.39. The maximum atomic E-state index is 12.0. The molecule has 5 heteroatoms. The van der Waals surface area contributed by atoms with Gasteiger partial charge in [0.25, 0.3) is 0 Å². The third-order valence-corrected chi connectivity index (χ3v) is 4.22. The Labute approximate surface area is 115 Å². The Morgan fingerprint density at radius 1 is 1.32 bits per heavy atom. The highest BCUT2D eigenvalue weighted by Crippen LogP contribution is 2.36. The molecule has 5 nitrogen and oxygen atoms in total. The van der Waals surface area contributed by atoms with Gasteiger partial charge in [-0.25, -0.2) is 0 Å². The molecule has 1 aliphatic rings. The summed E-state index contributed by atoms with van der Waals surface area (Å²) < 4.78 is 0. The third kappa shape index (κ3) is 3.93. The topological polar surface area (TPSA) is 83.6 Å². The maximum absolute atomic E-state index is 12.0. The molecule has 1 saturated heterocycles. The minimum absolute atomic E-state index is 0.0600. The molecule has 1 amide bonds. The van der Waals surface area contributed by atoms with Crippen LogP contribution in [0, 0.1) is 5.41 Å². The van der Waals surface area contributed by atoms with Gasteiger partial charge in [0, 0.05) is 25.6 Å². The summed E-state index contributed by atoms with van der Waals surface area (Å²) >= 11 is 0. The number of carboxylic acids is 1. The van der Waals surface area contributed by atoms with Gasteiger partial charge in [0.2, 0.25) is 5.91 Å². The summed E-state index contributed by atoms with van der Waals surface area (Å²) in [6.07, 6.45) is 3.82. The molecule has 1 aliphatic heterocycles. The largest absolute Gasteiger partial charge is 0.481 e. The summed E-state index contributed by atoms with van der Waals surface area (Å²) in [7, 11) is 0. The fourth-order valence-electron chi connectivity index (χ4n) is 2.73. The SMILES string of the molecule is CCCC1(C(=O)O)CCN(C(=O)CC(N)CC)CC1. The van der Waals surface area contributed by atoms with Crippen molar-refractivity contribution >= 4 is 11.9 Å². The molecule has 110 valence electrons. The molecule has 3 N–H and O–H groups in total. The van der Waals surface area contributed by atoms with Crippen molar-refractivity contribution in [3.63, 3.8) is 0 Å². The normalized spacial score (nSPS) is 20.1. The Bertz CT molecular complexity index is 323. The zero-order valence-electron chi connectivity index (χ0n) is 12.0. The zero-order valence-corrected chi connectivity index (χ0v) is 12.0. The van der Waals surface area contributed by atoms with E-state index in [4.69, 9.17) is 5.73 Å². The van der Waals surface area contributed by atoms with Crippen LogP contribution in [0.2, 0.25) is 0 Å². The smallest absolute Gasteiger partial charge is 0.309 e. The molecular formula is C14H26N2O3. The standard InChI is InChI=1S/C14H26N2O3/c1-3-5-14(13(18)19)6-8-16(9-7-14)12(17)10-11(15)4-2/h11H,3-10,15H2,1-2H3,(H,18,19). The zero-order chi connectivity index (χ0) is 14.5. The van der Waals surface area contributed by atoms with Crippen LogP contribution in [0.15, 0.2) is 0 Å². The number of nitrogens with zero attached hydrogens (tertiary/aromatic N) is 1.